The van der Waals surface area contributed by atoms with Crippen molar-refractivity contribution in [3.63, 3.8) is 0 Å². The zero-order valence-electron chi connectivity index (χ0n) is 9.76. The number of nitrogens with one attached hydrogen (secondary N) is 1. The van der Waals surface area contributed by atoms with Crippen LogP contribution in [-0.2, 0) is 16.6 Å². The van der Waals surface area contributed by atoms with Crippen LogP contribution in [0.1, 0.15) is 17.3 Å². The Bertz CT molecular complexity index is 495. The molecule has 1 rings (SSSR count). The van der Waals surface area contributed by atoms with Crippen molar-refractivity contribution in [1.29, 1.82) is 0 Å². The van der Waals surface area contributed by atoms with Gasteiger partial charge < -0.3 is 10.1 Å². The van der Waals surface area contributed by atoms with E-state index < -0.39 is 23.5 Å². The number of hydrogen-bond acceptors (Lipinski definition) is 5. The van der Waals surface area contributed by atoms with Gasteiger partial charge in [0.1, 0.15) is 6.04 Å². The number of carbonyl (C=O) groups is 2. The fourth-order valence-electron chi connectivity index (χ4n) is 1.11. The molecule has 0 aliphatic rings. The maximum absolute atomic E-state index is 11.6. The van der Waals surface area contributed by atoms with Crippen LogP contribution in [-0.4, -0.2) is 34.8 Å². The fraction of sp³-hybridized carbons (Fsp3) is 0.400. The van der Waals surface area contributed by atoms with Gasteiger partial charge in [0.2, 0.25) is 0 Å². The molecular weight excluding hydrogens is 226 g/mol. The number of nitrogens with zero attached hydrogens (tertiary/aromatic N) is 2. The summed E-state index contributed by atoms with van der Waals surface area (Å²) in [5, 5.41) is 6.09. The molecule has 0 aliphatic carbocycles. The minimum atomic E-state index is -0.781. The van der Waals surface area contributed by atoms with Gasteiger partial charge in [-0.25, -0.2) is 9.48 Å². The van der Waals surface area contributed by atoms with Gasteiger partial charge in [0, 0.05) is 13.1 Å². The van der Waals surface area contributed by atoms with Gasteiger partial charge in [-0.05, 0) is 6.92 Å². The zero-order valence-corrected chi connectivity index (χ0v) is 9.76. The Morgan fingerprint density at radius 3 is 2.71 bits per heavy atom. The summed E-state index contributed by atoms with van der Waals surface area (Å²) < 4.78 is 5.55. The molecular formula is C10H13N3O4. The molecule has 1 unspecified atom stereocenters. The lowest BCUT2D eigenvalue weighted by atomic mass is 10.2. The van der Waals surface area contributed by atoms with E-state index in [0.29, 0.717) is 0 Å². The molecule has 1 heterocycles. The molecule has 1 amide bonds. The molecule has 0 fully saturated rings. The standard InChI is InChI=1S/C10H13N3O4/c1-6(10(16)17-3)12-9(15)7-4-8(14)13(2)11-5-7/h4-6H,1-3H3,(H,12,15). The van der Waals surface area contributed by atoms with Crippen LogP contribution in [0.15, 0.2) is 17.1 Å². The van der Waals surface area contributed by atoms with Gasteiger partial charge in [0.25, 0.3) is 11.5 Å². The third-order valence-electron chi connectivity index (χ3n) is 2.13. The highest BCUT2D eigenvalue weighted by Crippen LogP contribution is 1.94. The first-order valence-corrected chi connectivity index (χ1v) is 4.87. The number of esters is 1. The first-order valence-electron chi connectivity index (χ1n) is 4.87. The van der Waals surface area contributed by atoms with Gasteiger partial charge in [-0.2, -0.15) is 5.10 Å². The van der Waals surface area contributed by atoms with E-state index in [0.717, 1.165) is 10.7 Å². The molecule has 0 aliphatic heterocycles. The maximum atomic E-state index is 11.6. The monoisotopic (exact) mass is 239 g/mol. The molecule has 0 radical (unpaired) electrons. The van der Waals surface area contributed by atoms with Crippen molar-refractivity contribution < 1.29 is 14.3 Å². The molecule has 0 bridgehead atoms. The summed E-state index contributed by atoms with van der Waals surface area (Å²) in [6, 6.07) is 0.364. The molecule has 1 aromatic heterocycles. The predicted molar refractivity (Wildman–Crippen MR) is 58.4 cm³/mol. The lowest BCUT2D eigenvalue weighted by molar-refractivity contribution is -0.142. The van der Waals surface area contributed by atoms with E-state index in [4.69, 9.17) is 0 Å². The summed E-state index contributed by atoms with van der Waals surface area (Å²) in [4.78, 5) is 34.0. The van der Waals surface area contributed by atoms with Crippen LogP contribution in [0.2, 0.25) is 0 Å². The predicted octanol–water partition coefficient (Wildman–Crippen LogP) is -0.928. The van der Waals surface area contributed by atoms with Crippen LogP contribution >= 0.6 is 0 Å². The quantitative estimate of drug-likeness (QED) is 0.688. The molecule has 1 atom stereocenters. The third kappa shape index (κ3) is 3.13. The van der Waals surface area contributed by atoms with Crippen molar-refractivity contribution >= 4 is 11.9 Å². The fourth-order valence-corrected chi connectivity index (χ4v) is 1.11. The Labute approximate surface area is 97.4 Å². The topological polar surface area (TPSA) is 90.3 Å². The van der Waals surface area contributed by atoms with E-state index in [-0.39, 0.29) is 5.56 Å². The largest absolute Gasteiger partial charge is 0.467 e. The highest BCUT2D eigenvalue weighted by atomic mass is 16.5. The second kappa shape index (κ2) is 5.24. The summed E-state index contributed by atoms with van der Waals surface area (Å²) in [5.74, 6) is -1.11. The number of ether oxygens (including phenoxy) is 1. The minimum Gasteiger partial charge on any atom is -0.467 e. The van der Waals surface area contributed by atoms with Crippen molar-refractivity contribution in [2.24, 2.45) is 7.05 Å². The molecule has 7 nitrogen and oxygen atoms in total. The highest BCUT2D eigenvalue weighted by Gasteiger charge is 2.17. The van der Waals surface area contributed by atoms with Gasteiger partial charge in [0.05, 0.1) is 18.9 Å². The average molecular weight is 239 g/mol. The summed E-state index contributed by atoms with van der Waals surface area (Å²) in [7, 11) is 2.70. The normalized spacial score (nSPS) is 11.7. The number of amides is 1. The third-order valence-corrected chi connectivity index (χ3v) is 2.13. The summed E-state index contributed by atoms with van der Waals surface area (Å²) in [5.41, 5.74) is -0.299. The lowest BCUT2D eigenvalue weighted by Crippen LogP contribution is -2.39. The van der Waals surface area contributed by atoms with E-state index in [9.17, 15) is 14.4 Å². The number of carbonyl (C=O) groups excluding carboxylic acids is 2. The Morgan fingerprint density at radius 2 is 2.18 bits per heavy atom. The Balaban J connectivity index is 2.80. The van der Waals surface area contributed by atoms with Crippen molar-refractivity contribution in [2.75, 3.05) is 7.11 Å². The van der Waals surface area contributed by atoms with E-state index in [1.807, 2.05) is 0 Å². The molecule has 0 saturated carbocycles. The summed E-state index contributed by atoms with van der Waals surface area (Å²) in [6.45, 7) is 1.48. The van der Waals surface area contributed by atoms with Crippen molar-refractivity contribution in [2.45, 2.75) is 13.0 Å². The minimum absolute atomic E-state index is 0.101. The van der Waals surface area contributed by atoms with Gasteiger partial charge in [-0.1, -0.05) is 0 Å². The molecule has 17 heavy (non-hydrogen) atoms. The molecule has 92 valence electrons. The maximum Gasteiger partial charge on any atom is 0.328 e. The molecule has 0 saturated heterocycles. The zero-order chi connectivity index (χ0) is 13.0. The molecule has 0 spiro atoms. The smallest absolute Gasteiger partial charge is 0.328 e. The van der Waals surface area contributed by atoms with Gasteiger partial charge >= 0.3 is 5.97 Å². The van der Waals surface area contributed by atoms with E-state index >= 15 is 0 Å². The second-order valence-electron chi connectivity index (χ2n) is 3.42. The van der Waals surface area contributed by atoms with E-state index in [2.05, 4.69) is 15.2 Å². The van der Waals surface area contributed by atoms with E-state index in [1.54, 1.807) is 0 Å². The Hall–Kier alpha value is -2.18. The second-order valence-corrected chi connectivity index (χ2v) is 3.42. The van der Waals surface area contributed by atoms with Crippen LogP contribution in [0.3, 0.4) is 0 Å². The lowest BCUT2D eigenvalue weighted by Gasteiger charge is -2.11. The van der Waals surface area contributed by atoms with Crippen LogP contribution in [0, 0.1) is 0 Å². The molecule has 1 N–H and O–H groups in total. The van der Waals surface area contributed by atoms with Crippen molar-refractivity contribution in [3.8, 4) is 0 Å². The van der Waals surface area contributed by atoms with Crippen LogP contribution < -0.4 is 10.9 Å². The van der Waals surface area contributed by atoms with Gasteiger partial charge in [-0.3, -0.25) is 9.59 Å². The number of aryl methyl sites for hydroxylation is 1. The number of rotatable bonds is 3. The van der Waals surface area contributed by atoms with Crippen LogP contribution in [0.25, 0.3) is 0 Å². The first-order chi connectivity index (χ1) is 7.95. The van der Waals surface area contributed by atoms with Crippen LogP contribution in [0.4, 0.5) is 0 Å². The molecule has 0 aromatic carbocycles. The van der Waals surface area contributed by atoms with Gasteiger partial charge in [0.15, 0.2) is 0 Å². The number of aromatic nitrogens is 2. The SMILES string of the molecule is COC(=O)C(C)NC(=O)c1cnn(C)c(=O)c1. The molecule has 1 aromatic rings. The number of methoxy groups -OCH3 is 1. The number of hydrogen-bond donors (Lipinski definition) is 1. The van der Waals surface area contributed by atoms with Crippen molar-refractivity contribution in [1.82, 2.24) is 15.1 Å². The highest BCUT2D eigenvalue weighted by molar-refractivity contribution is 5.96. The summed E-state index contributed by atoms with van der Waals surface area (Å²) in [6.07, 6.45) is 1.25. The van der Waals surface area contributed by atoms with Crippen molar-refractivity contribution in [3.05, 3.63) is 28.2 Å². The average Bonchev–Trinajstić information content (AvgIpc) is 2.31. The Kier molecular flexibility index (Phi) is 3.97. The van der Waals surface area contributed by atoms with Crippen LogP contribution in [0.5, 0.6) is 0 Å². The first kappa shape index (κ1) is 12.9. The van der Waals surface area contributed by atoms with Gasteiger partial charge in [-0.15, -0.1) is 0 Å². The molecule has 7 heteroatoms. The van der Waals surface area contributed by atoms with E-state index in [1.165, 1.54) is 27.3 Å². The Morgan fingerprint density at radius 1 is 1.53 bits per heavy atom. The summed E-state index contributed by atoms with van der Waals surface area (Å²) >= 11 is 0.